The number of hydrogen-bond donors (Lipinski definition) is 2. The Labute approximate surface area is 159 Å². The average molecular weight is 446 g/mol. The fourth-order valence-corrected chi connectivity index (χ4v) is 3.10. The highest BCUT2D eigenvalue weighted by Gasteiger charge is 2.22. The van der Waals surface area contributed by atoms with Crippen molar-refractivity contribution in [3.8, 4) is 0 Å². The molecule has 1 aromatic carbocycles. The summed E-state index contributed by atoms with van der Waals surface area (Å²) in [6, 6.07) is 2.64. The minimum atomic E-state index is -1.48. The second-order valence-corrected chi connectivity index (χ2v) is 6.94. The molecule has 0 amide bonds. The normalized spacial score (nSPS) is 11.3. The van der Waals surface area contributed by atoms with Gasteiger partial charge in [0.2, 0.25) is 0 Å². The lowest BCUT2D eigenvalue weighted by molar-refractivity contribution is 0.0696. The predicted octanol–water partition coefficient (Wildman–Crippen LogP) is 5.15. The molecular formula is C16H12BrClF2N4O2. The summed E-state index contributed by atoms with van der Waals surface area (Å²) in [5.74, 6) is -4.03. The number of hydrogen-bond acceptors (Lipinski definition) is 4. The summed E-state index contributed by atoms with van der Waals surface area (Å²) in [4.78, 5) is 19.7. The van der Waals surface area contributed by atoms with E-state index in [1.165, 1.54) is 0 Å². The molecule has 6 nitrogen and oxygen atoms in total. The number of aromatic carboxylic acids is 1. The van der Waals surface area contributed by atoms with Crippen LogP contribution in [-0.2, 0) is 0 Å². The van der Waals surface area contributed by atoms with Crippen LogP contribution in [0.5, 0.6) is 0 Å². The number of anilines is 2. The maximum atomic E-state index is 14.3. The number of nitrogens with zero attached hydrogens (tertiary/aromatic N) is 3. The van der Waals surface area contributed by atoms with E-state index in [9.17, 15) is 13.6 Å². The molecule has 0 aliphatic carbocycles. The third kappa shape index (κ3) is 3.12. The number of carboxylic acid groups (broad SMARTS) is 1. The molecule has 0 unspecified atom stereocenters. The number of nitrogens with one attached hydrogen (secondary N) is 1. The maximum absolute atomic E-state index is 14.3. The first-order valence-corrected chi connectivity index (χ1v) is 8.58. The summed E-state index contributed by atoms with van der Waals surface area (Å²) in [6.45, 7) is 3.86. The third-order valence-electron chi connectivity index (χ3n) is 3.71. The monoisotopic (exact) mass is 444 g/mol. The van der Waals surface area contributed by atoms with E-state index < -0.39 is 33.9 Å². The van der Waals surface area contributed by atoms with Gasteiger partial charge in [0, 0.05) is 6.04 Å². The zero-order valence-electron chi connectivity index (χ0n) is 13.5. The molecule has 0 bridgehead atoms. The number of carbonyl (C=O) groups is 1. The van der Waals surface area contributed by atoms with Crippen molar-refractivity contribution < 1.29 is 18.7 Å². The van der Waals surface area contributed by atoms with Gasteiger partial charge in [-0.1, -0.05) is 11.6 Å². The molecule has 26 heavy (non-hydrogen) atoms. The quantitative estimate of drug-likeness (QED) is 0.429. The Morgan fingerprint density at radius 2 is 2.04 bits per heavy atom. The largest absolute Gasteiger partial charge is 0.478 e. The molecule has 0 saturated heterocycles. The highest BCUT2D eigenvalue weighted by atomic mass is 79.9. The fraction of sp³-hybridized carbons (Fsp3) is 0.188. The van der Waals surface area contributed by atoms with Crippen molar-refractivity contribution in [1.29, 1.82) is 0 Å². The Bertz CT molecular complexity index is 1040. The number of carboxylic acids is 1. The van der Waals surface area contributed by atoms with Gasteiger partial charge >= 0.3 is 5.97 Å². The van der Waals surface area contributed by atoms with Gasteiger partial charge in [-0.05, 0) is 41.9 Å². The zero-order chi connectivity index (χ0) is 19.2. The Morgan fingerprint density at radius 1 is 1.35 bits per heavy atom. The van der Waals surface area contributed by atoms with Gasteiger partial charge in [0.1, 0.15) is 10.1 Å². The van der Waals surface area contributed by atoms with Crippen molar-refractivity contribution in [1.82, 2.24) is 14.5 Å². The van der Waals surface area contributed by atoms with Gasteiger partial charge in [0.25, 0.3) is 0 Å². The Kier molecular flexibility index (Phi) is 4.85. The topological polar surface area (TPSA) is 80.0 Å². The summed E-state index contributed by atoms with van der Waals surface area (Å²) in [5, 5.41) is 11.0. The van der Waals surface area contributed by atoms with Gasteiger partial charge in [-0.3, -0.25) is 0 Å². The SMILES string of the molecule is CC(C)n1cnc2cc(Br)nc(Nc3cc(C(=O)O)c(Cl)c(F)c3F)c21. The first-order chi connectivity index (χ1) is 12.2. The predicted molar refractivity (Wildman–Crippen MR) is 97.2 cm³/mol. The Morgan fingerprint density at radius 3 is 2.65 bits per heavy atom. The van der Waals surface area contributed by atoms with E-state index in [2.05, 4.69) is 31.2 Å². The van der Waals surface area contributed by atoms with E-state index >= 15 is 0 Å². The van der Waals surface area contributed by atoms with Crippen molar-refractivity contribution in [2.24, 2.45) is 0 Å². The lowest BCUT2D eigenvalue weighted by Crippen LogP contribution is -2.07. The number of rotatable bonds is 4. The Hall–Kier alpha value is -2.26. The second-order valence-electron chi connectivity index (χ2n) is 5.75. The maximum Gasteiger partial charge on any atom is 0.337 e. The van der Waals surface area contributed by atoms with Gasteiger partial charge < -0.3 is 15.0 Å². The average Bonchev–Trinajstić information content (AvgIpc) is 2.99. The molecule has 0 atom stereocenters. The number of halogens is 4. The third-order valence-corrected chi connectivity index (χ3v) is 4.48. The van der Waals surface area contributed by atoms with Crippen LogP contribution in [0.4, 0.5) is 20.3 Å². The van der Waals surface area contributed by atoms with Crippen LogP contribution < -0.4 is 5.32 Å². The van der Waals surface area contributed by atoms with Crippen LogP contribution in [0, 0.1) is 11.6 Å². The summed E-state index contributed by atoms with van der Waals surface area (Å²) in [6.07, 6.45) is 1.61. The van der Waals surface area contributed by atoms with Gasteiger partial charge in [-0.15, -0.1) is 0 Å². The fourth-order valence-electron chi connectivity index (χ4n) is 2.49. The molecule has 10 heteroatoms. The molecule has 0 radical (unpaired) electrons. The van der Waals surface area contributed by atoms with Crippen LogP contribution >= 0.6 is 27.5 Å². The lowest BCUT2D eigenvalue weighted by Gasteiger charge is -2.14. The van der Waals surface area contributed by atoms with E-state index in [0.717, 1.165) is 6.07 Å². The summed E-state index contributed by atoms with van der Waals surface area (Å²) in [7, 11) is 0. The molecule has 0 fully saturated rings. The molecule has 2 heterocycles. The number of imidazole rings is 1. The van der Waals surface area contributed by atoms with Crippen LogP contribution in [0.15, 0.2) is 23.1 Å². The van der Waals surface area contributed by atoms with Crippen LogP contribution in [0.3, 0.4) is 0 Å². The van der Waals surface area contributed by atoms with Gasteiger partial charge in [-0.25, -0.2) is 23.5 Å². The summed E-state index contributed by atoms with van der Waals surface area (Å²) >= 11 is 8.82. The molecule has 0 aliphatic rings. The molecule has 3 rings (SSSR count). The zero-order valence-corrected chi connectivity index (χ0v) is 15.9. The van der Waals surface area contributed by atoms with Gasteiger partial charge in [0.05, 0.1) is 28.1 Å². The van der Waals surface area contributed by atoms with E-state index in [-0.39, 0.29) is 11.9 Å². The summed E-state index contributed by atoms with van der Waals surface area (Å²) in [5.41, 5.74) is 0.190. The number of pyridine rings is 1. The standard InChI is InChI=1S/C16H12BrClF2N4O2/c1-6(2)24-5-21-9-4-10(17)23-15(14(9)24)22-8-3-7(16(25)26)11(18)13(20)12(8)19/h3-6H,1-2H3,(H,22,23)(H,25,26). The van der Waals surface area contributed by atoms with E-state index in [1.54, 1.807) is 17.0 Å². The minimum absolute atomic E-state index is 0.0323. The van der Waals surface area contributed by atoms with Crippen LogP contribution in [-0.4, -0.2) is 25.6 Å². The number of aromatic nitrogens is 3. The minimum Gasteiger partial charge on any atom is -0.478 e. The first kappa shape index (κ1) is 18.5. The number of benzene rings is 1. The highest BCUT2D eigenvalue weighted by Crippen LogP contribution is 2.33. The second kappa shape index (κ2) is 6.81. The molecule has 3 aromatic rings. The van der Waals surface area contributed by atoms with Gasteiger partial charge in [-0.2, -0.15) is 0 Å². The van der Waals surface area contributed by atoms with Crippen LogP contribution in [0.2, 0.25) is 5.02 Å². The molecular weight excluding hydrogens is 434 g/mol. The molecule has 2 aromatic heterocycles. The van der Waals surface area contributed by atoms with Crippen LogP contribution in [0.25, 0.3) is 11.0 Å². The van der Waals surface area contributed by atoms with E-state index in [1.807, 2.05) is 13.8 Å². The number of fused-ring (bicyclic) bond motifs is 1. The van der Waals surface area contributed by atoms with Crippen molar-refractivity contribution in [2.45, 2.75) is 19.9 Å². The molecule has 0 aliphatic heterocycles. The van der Waals surface area contributed by atoms with Crippen molar-refractivity contribution in [2.75, 3.05) is 5.32 Å². The lowest BCUT2D eigenvalue weighted by atomic mass is 10.1. The molecule has 0 spiro atoms. The smallest absolute Gasteiger partial charge is 0.337 e. The highest BCUT2D eigenvalue weighted by molar-refractivity contribution is 9.10. The first-order valence-electron chi connectivity index (χ1n) is 7.41. The molecule has 2 N–H and O–H groups in total. The van der Waals surface area contributed by atoms with Gasteiger partial charge in [0.15, 0.2) is 17.5 Å². The van der Waals surface area contributed by atoms with Crippen molar-refractivity contribution >= 4 is 56.0 Å². The van der Waals surface area contributed by atoms with Crippen LogP contribution in [0.1, 0.15) is 30.2 Å². The summed E-state index contributed by atoms with van der Waals surface area (Å²) < 4.78 is 30.5. The van der Waals surface area contributed by atoms with E-state index in [0.29, 0.717) is 15.6 Å². The van der Waals surface area contributed by atoms with E-state index in [4.69, 9.17) is 16.7 Å². The van der Waals surface area contributed by atoms with Crippen molar-refractivity contribution in [3.63, 3.8) is 0 Å². The molecule has 136 valence electrons. The van der Waals surface area contributed by atoms with Crippen molar-refractivity contribution in [3.05, 3.63) is 45.3 Å². The molecule has 0 saturated carbocycles. The Balaban J connectivity index is 2.21.